The van der Waals surface area contributed by atoms with Crippen LogP contribution >= 0.6 is 31.9 Å². The Balaban J connectivity index is 1.64. The van der Waals surface area contributed by atoms with Crippen LogP contribution in [0.1, 0.15) is 35.7 Å². The van der Waals surface area contributed by atoms with Crippen LogP contribution in [0.3, 0.4) is 0 Å². The molecule has 5 rings (SSSR count). The zero-order chi connectivity index (χ0) is 28.9. The van der Waals surface area contributed by atoms with Gasteiger partial charge in [0.25, 0.3) is 0 Å². The maximum atomic E-state index is 14.5. The van der Waals surface area contributed by atoms with Crippen molar-refractivity contribution < 1.29 is 19.4 Å². The van der Waals surface area contributed by atoms with Crippen LogP contribution in [-0.4, -0.2) is 84.7 Å². The van der Waals surface area contributed by atoms with E-state index < -0.39 is 0 Å². The number of carbonyl (C=O) groups is 1. The van der Waals surface area contributed by atoms with Crippen LogP contribution in [0, 0.1) is 0 Å². The molecule has 3 aromatic carbocycles. The van der Waals surface area contributed by atoms with E-state index in [1.165, 1.54) is 0 Å². The zero-order valence-electron chi connectivity index (χ0n) is 23.2. The third-order valence-electron chi connectivity index (χ3n) is 7.48. The van der Waals surface area contributed by atoms with Gasteiger partial charge in [-0.2, -0.15) is 0 Å². The molecule has 3 aromatic rings. The van der Waals surface area contributed by atoms with Gasteiger partial charge in [-0.1, -0.05) is 56.1 Å². The molecule has 41 heavy (non-hydrogen) atoms. The molecular formula is C31H34Br2N4O4. The summed E-state index contributed by atoms with van der Waals surface area (Å²) in [7, 11) is 1.62. The Hall–Kier alpha value is -2.92. The van der Waals surface area contributed by atoms with Gasteiger partial charge in [-0.15, -0.1) is 0 Å². The van der Waals surface area contributed by atoms with Crippen molar-refractivity contribution in [2.24, 2.45) is 4.99 Å². The Morgan fingerprint density at radius 2 is 1.59 bits per heavy atom. The van der Waals surface area contributed by atoms with Crippen molar-refractivity contribution >= 4 is 43.7 Å². The van der Waals surface area contributed by atoms with Gasteiger partial charge in [-0.3, -0.25) is 14.8 Å². The number of carbonyl (C=O) groups excluding carboxylic acids is 1. The lowest BCUT2D eigenvalue weighted by atomic mass is 9.94. The van der Waals surface area contributed by atoms with Crippen molar-refractivity contribution in [2.75, 3.05) is 53.0 Å². The van der Waals surface area contributed by atoms with E-state index in [-0.39, 0.29) is 24.7 Å². The van der Waals surface area contributed by atoms with Gasteiger partial charge in [0.15, 0.2) is 0 Å². The largest absolute Gasteiger partial charge is 0.497 e. The number of aliphatic hydroxyl groups excluding tert-OH is 1. The van der Waals surface area contributed by atoms with Gasteiger partial charge in [0.2, 0.25) is 0 Å². The molecule has 0 bridgehead atoms. The number of aliphatic imine (C=N–C) groups is 1. The third-order valence-corrected chi connectivity index (χ3v) is 8.54. The highest BCUT2D eigenvalue weighted by Crippen LogP contribution is 2.45. The Morgan fingerprint density at radius 3 is 2.17 bits per heavy atom. The van der Waals surface area contributed by atoms with E-state index in [0.29, 0.717) is 56.7 Å². The lowest BCUT2D eigenvalue weighted by Gasteiger charge is -2.39. The first-order valence-electron chi connectivity index (χ1n) is 13.7. The number of hydrogen-bond donors (Lipinski definition) is 1. The molecule has 1 saturated heterocycles. The van der Waals surface area contributed by atoms with Crippen LogP contribution in [0.15, 0.2) is 80.7 Å². The van der Waals surface area contributed by atoms with Crippen LogP contribution < -0.4 is 9.47 Å². The summed E-state index contributed by atoms with van der Waals surface area (Å²) in [5, 5.41) is 9.40. The summed E-state index contributed by atoms with van der Waals surface area (Å²) in [4.78, 5) is 25.7. The number of halogens is 2. The minimum atomic E-state index is -0.376. The summed E-state index contributed by atoms with van der Waals surface area (Å²) in [5.74, 6) is 1.85. The number of hydrogen-bond acceptors (Lipinski definition) is 6. The Bertz CT molecular complexity index is 1380. The molecule has 1 N–H and O–H groups in total. The summed E-state index contributed by atoms with van der Waals surface area (Å²) in [6.07, 6.45) is 0. The van der Waals surface area contributed by atoms with E-state index in [1.54, 1.807) is 7.11 Å². The number of nitrogens with zero attached hydrogens (tertiary/aromatic N) is 4. The van der Waals surface area contributed by atoms with Crippen LogP contribution in [0.2, 0.25) is 0 Å². The maximum Gasteiger partial charge on any atom is 0.326 e. The summed E-state index contributed by atoms with van der Waals surface area (Å²) < 4.78 is 13.5. The van der Waals surface area contributed by atoms with E-state index in [2.05, 4.69) is 61.0 Å². The summed E-state index contributed by atoms with van der Waals surface area (Å²) in [6.45, 7) is 5.66. The second-order valence-electron chi connectivity index (χ2n) is 9.95. The van der Waals surface area contributed by atoms with Crippen molar-refractivity contribution in [2.45, 2.75) is 19.0 Å². The average Bonchev–Trinajstić information content (AvgIpc) is 3.38. The highest BCUT2D eigenvalue weighted by atomic mass is 79.9. The number of β-amino-alcohol motifs (C(OH)–C–C–N with tert-alkyl or cyclic N) is 1. The monoisotopic (exact) mass is 684 g/mol. The fraction of sp³-hybridized carbons (Fsp3) is 0.355. The number of aliphatic hydroxyl groups is 1. The molecule has 2 unspecified atom stereocenters. The first-order chi connectivity index (χ1) is 19.9. The maximum absolute atomic E-state index is 14.5. The molecular weight excluding hydrogens is 652 g/mol. The van der Waals surface area contributed by atoms with E-state index in [4.69, 9.17) is 14.5 Å². The average molecular weight is 686 g/mol. The van der Waals surface area contributed by atoms with Crippen LogP contribution in [0.5, 0.6) is 11.5 Å². The van der Waals surface area contributed by atoms with Gasteiger partial charge in [0.05, 0.1) is 31.9 Å². The van der Waals surface area contributed by atoms with Crippen LogP contribution in [0.4, 0.5) is 4.79 Å². The first kappa shape index (κ1) is 29.6. The van der Waals surface area contributed by atoms with Gasteiger partial charge >= 0.3 is 6.03 Å². The molecule has 2 aliphatic heterocycles. The van der Waals surface area contributed by atoms with Crippen LogP contribution in [-0.2, 0) is 0 Å². The fourth-order valence-corrected chi connectivity index (χ4v) is 5.93. The number of piperazine rings is 1. The molecule has 2 amide bonds. The number of amidine groups is 1. The van der Waals surface area contributed by atoms with Gasteiger partial charge in [-0.05, 0) is 54.4 Å². The summed E-state index contributed by atoms with van der Waals surface area (Å²) in [6, 6.07) is 21.1. The Labute approximate surface area is 257 Å². The van der Waals surface area contributed by atoms with Gasteiger partial charge in [0, 0.05) is 47.7 Å². The molecule has 0 aromatic heterocycles. The zero-order valence-corrected chi connectivity index (χ0v) is 26.3. The van der Waals surface area contributed by atoms with Crippen molar-refractivity contribution in [3.05, 3.63) is 92.4 Å². The Kier molecular flexibility index (Phi) is 9.64. The molecule has 8 nitrogen and oxygen atoms in total. The van der Waals surface area contributed by atoms with E-state index >= 15 is 0 Å². The number of amides is 2. The number of rotatable bonds is 8. The molecule has 0 aliphatic carbocycles. The SMILES string of the molecule is CCOc1cc(OC)ccc1C1=NC(c2ccc(Br)cc2)C(c2ccc(Br)cc2)N1C(=O)N1CCN(CCO)CC1. The van der Waals surface area contributed by atoms with Crippen molar-refractivity contribution in [1.29, 1.82) is 0 Å². The minimum Gasteiger partial charge on any atom is -0.497 e. The predicted octanol–water partition coefficient (Wildman–Crippen LogP) is 5.89. The highest BCUT2D eigenvalue weighted by molar-refractivity contribution is 9.10. The summed E-state index contributed by atoms with van der Waals surface area (Å²) in [5.41, 5.74) is 2.73. The number of urea groups is 1. The summed E-state index contributed by atoms with van der Waals surface area (Å²) >= 11 is 7.12. The smallest absolute Gasteiger partial charge is 0.326 e. The molecule has 2 heterocycles. The molecule has 10 heteroatoms. The molecule has 2 aliphatic rings. The van der Waals surface area contributed by atoms with Crippen molar-refractivity contribution in [3.8, 4) is 11.5 Å². The molecule has 2 atom stereocenters. The van der Waals surface area contributed by atoms with Crippen molar-refractivity contribution in [3.63, 3.8) is 0 Å². The fourth-order valence-electron chi connectivity index (χ4n) is 5.40. The normalized spacial score (nSPS) is 19.3. The first-order valence-corrected chi connectivity index (χ1v) is 15.3. The highest BCUT2D eigenvalue weighted by Gasteiger charge is 2.45. The third kappa shape index (κ3) is 6.45. The molecule has 1 fully saturated rings. The molecule has 0 saturated carbocycles. The van der Waals surface area contributed by atoms with E-state index in [9.17, 15) is 9.90 Å². The lowest BCUT2D eigenvalue weighted by molar-refractivity contribution is 0.108. The topological polar surface area (TPSA) is 77.8 Å². The second-order valence-corrected chi connectivity index (χ2v) is 11.8. The Morgan fingerprint density at radius 1 is 0.951 bits per heavy atom. The minimum absolute atomic E-state index is 0.0989. The van der Waals surface area contributed by atoms with Crippen LogP contribution in [0.25, 0.3) is 0 Å². The standard InChI is InChI=1S/C31H34Br2N4O4/c1-3-41-27-20-25(40-2)12-13-26(27)30-34-28(21-4-8-23(32)9-5-21)29(22-6-10-24(33)11-7-22)37(30)31(39)36-16-14-35(15-17-36)18-19-38/h4-13,20,28-29,38H,3,14-19H2,1-2H3. The number of methoxy groups -OCH3 is 1. The lowest BCUT2D eigenvalue weighted by Crippen LogP contribution is -2.54. The second kappa shape index (κ2) is 13.4. The molecule has 0 radical (unpaired) electrons. The van der Waals surface area contributed by atoms with Crippen molar-refractivity contribution in [1.82, 2.24) is 14.7 Å². The number of benzene rings is 3. The van der Waals surface area contributed by atoms with E-state index in [0.717, 1.165) is 25.6 Å². The predicted molar refractivity (Wildman–Crippen MR) is 167 cm³/mol. The van der Waals surface area contributed by atoms with E-state index in [1.807, 2.05) is 59.2 Å². The molecule has 216 valence electrons. The molecule has 0 spiro atoms. The van der Waals surface area contributed by atoms with Gasteiger partial charge < -0.3 is 19.5 Å². The van der Waals surface area contributed by atoms with Gasteiger partial charge in [0.1, 0.15) is 23.4 Å². The quantitative estimate of drug-likeness (QED) is 0.320. The number of ether oxygens (including phenoxy) is 2. The van der Waals surface area contributed by atoms with Gasteiger partial charge in [-0.25, -0.2) is 4.79 Å².